The molecule has 2 unspecified atom stereocenters. The van der Waals surface area contributed by atoms with Crippen LogP contribution < -0.4 is 9.13 Å². The maximum atomic E-state index is 13.4. The van der Waals surface area contributed by atoms with Gasteiger partial charge < -0.3 is 0 Å². The molecule has 0 spiro atoms. The standard InChI is InChI=1S/C50H58Cl2N2O2/c1-35(21-17-23-37(3)27-29-41-39(5)47(55)43(33-49(41,7)8)53-31-15-13-25-45(53)51)19-11-12-20-36(2)22-18-24-38(4)28-30-42-40(6)48(56)44(34-50(42,9)10)54-32-16-14-26-46(54)52/h11-32,43-44H,33-34H2,1-10H3/q+2/b12-11+,21-17+,22-18+,29-27+,30-28+,35-19+,36-20+,37-23+,38-24+. The van der Waals surface area contributed by atoms with E-state index in [-0.39, 0.29) is 34.5 Å². The van der Waals surface area contributed by atoms with Crippen LogP contribution in [0.2, 0.25) is 10.3 Å². The highest BCUT2D eigenvalue weighted by Gasteiger charge is 2.44. The Morgan fingerprint density at radius 1 is 0.571 bits per heavy atom. The number of allylic oxidation sites excluding steroid dienone is 22. The first kappa shape index (κ1) is 44.1. The van der Waals surface area contributed by atoms with E-state index in [2.05, 4.69) is 128 Å². The lowest BCUT2D eigenvalue weighted by Crippen LogP contribution is -2.49. The van der Waals surface area contributed by atoms with Crippen molar-refractivity contribution in [2.45, 2.75) is 94.2 Å². The van der Waals surface area contributed by atoms with Crippen LogP contribution in [0.5, 0.6) is 0 Å². The number of Topliss-reactive ketones (excluding diaryl/α,β-unsaturated/α-hetero) is 2. The topological polar surface area (TPSA) is 41.9 Å². The lowest BCUT2D eigenvalue weighted by molar-refractivity contribution is -0.709. The van der Waals surface area contributed by atoms with E-state index in [0.717, 1.165) is 44.6 Å². The predicted octanol–water partition coefficient (Wildman–Crippen LogP) is 12.5. The second-order valence-corrected chi connectivity index (χ2v) is 17.1. The van der Waals surface area contributed by atoms with Gasteiger partial charge in [0.1, 0.15) is 0 Å². The van der Waals surface area contributed by atoms with Gasteiger partial charge in [0.2, 0.25) is 23.7 Å². The summed E-state index contributed by atoms with van der Waals surface area (Å²) >= 11 is 12.9. The minimum absolute atomic E-state index is 0.116. The van der Waals surface area contributed by atoms with Gasteiger partial charge in [0.15, 0.2) is 12.4 Å². The number of ketones is 2. The maximum Gasteiger partial charge on any atom is 0.275 e. The molecule has 0 saturated carbocycles. The van der Waals surface area contributed by atoms with Crippen LogP contribution in [0, 0.1) is 10.8 Å². The third-order valence-electron chi connectivity index (χ3n) is 10.7. The Morgan fingerprint density at radius 2 is 0.911 bits per heavy atom. The van der Waals surface area contributed by atoms with E-state index in [1.165, 1.54) is 0 Å². The Morgan fingerprint density at radius 3 is 1.27 bits per heavy atom. The van der Waals surface area contributed by atoms with Gasteiger partial charge in [-0.2, -0.15) is 9.13 Å². The van der Waals surface area contributed by atoms with Gasteiger partial charge in [-0.15, -0.1) is 0 Å². The van der Waals surface area contributed by atoms with Gasteiger partial charge >= 0.3 is 0 Å². The van der Waals surface area contributed by atoms with Crippen LogP contribution in [0.25, 0.3) is 0 Å². The van der Waals surface area contributed by atoms with Crippen molar-refractivity contribution >= 4 is 34.8 Å². The molecule has 0 aliphatic heterocycles. The van der Waals surface area contributed by atoms with Crippen molar-refractivity contribution in [1.82, 2.24) is 0 Å². The Kier molecular flexibility index (Phi) is 15.3. The van der Waals surface area contributed by atoms with Gasteiger partial charge in [0.05, 0.1) is 0 Å². The molecule has 4 rings (SSSR count). The molecule has 4 nitrogen and oxygen atoms in total. The molecule has 2 atom stereocenters. The molecule has 0 amide bonds. The summed E-state index contributed by atoms with van der Waals surface area (Å²) in [6, 6.07) is 10.6. The molecule has 2 aliphatic rings. The molecule has 0 N–H and O–H groups in total. The van der Waals surface area contributed by atoms with Crippen LogP contribution in [0.4, 0.5) is 0 Å². The number of carbonyl (C=O) groups excluding carboxylic acids is 2. The molecular weight excluding hydrogens is 731 g/mol. The molecule has 2 aliphatic carbocycles. The van der Waals surface area contributed by atoms with Crippen LogP contribution in [0.15, 0.2) is 178 Å². The van der Waals surface area contributed by atoms with Crippen LogP contribution in [-0.2, 0) is 9.59 Å². The summed E-state index contributed by atoms with van der Waals surface area (Å²) in [5, 5.41) is 1.14. The summed E-state index contributed by atoms with van der Waals surface area (Å²) < 4.78 is 3.76. The second kappa shape index (κ2) is 19.5. The smallest absolute Gasteiger partial charge is 0.275 e. The van der Waals surface area contributed by atoms with Crippen molar-refractivity contribution in [2.24, 2.45) is 10.8 Å². The monoisotopic (exact) mass is 788 g/mol. The van der Waals surface area contributed by atoms with Crippen LogP contribution >= 0.6 is 23.2 Å². The molecule has 0 aromatic carbocycles. The van der Waals surface area contributed by atoms with E-state index in [9.17, 15) is 9.59 Å². The van der Waals surface area contributed by atoms with Crippen LogP contribution in [0.1, 0.15) is 94.2 Å². The number of carbonyl (C=O) groups is 2. The molecular formula is C50H58Cl2N2O2+2. The molecule has 0 radical (unpaired) electrons. The summed E-state index contributed by atoms with van der Waals surface area (Å²) in [5.41, 5.74) is 7.82. The Bertz CT molecular complexity index is 2020. The summed E-state index contributed by atoms with van der Waals surface area (Å²) in [4.78, 5) is 26.8. The third kappa shape index (κ3) is 11.5. The number of hydrogen-bond acceptors (Lipinski definition) is 2. The zero-order valence-electron chi connectivity index (χ0n) is 34.7. The van der Waals surface area contributed by atoms with Gasteiger partial charge in [0.25, 0.3) is 10.3 Å². The summed E-state index contributed by atoms with van der Waals surface area (Å²) in [5.74, 6) is 0.232. The minimum atomic E-state index is -0.303. The number of hydrogen-bond donors (Lipinski definition) is 0. The lowest BCUT2D eigenvalue weighted by atomic mass is 9.70. The molecule has 0 saturated heterocycles. The number of nitrogens with zero attached hydrogens (tertiary/aromatic N) is 2. The van der Waals surface area contributed by atoms with E-state index in [1.54, 1.807) is 0 Å². The van der Waals surface area contributed by atoms with E-state index < -0.39 is 0 Å². The van der Waals surface area contributed by atoms with Crippen molar-refractivity contribution in [1.29, 1.82) is 0 Å². The van der Waals surface area contributed by atoms with Crippen molar-refractivity contribution in [3.8, 4) is 0 Å². The average molecular weight is 790 g/mol. The second-order valence-electron chi connectivity index (χ2n) is 16.3. The van der Waals surface area contributed by atoms with Crippen molar-refractivity contribution in [2.75, 3.05) is 0 Å². The highest BCUT2D eigenvalue weighted by atomic mass is 35.5. The molecule has 56 heavy (non-hydrogen) atoms. The molecule has 2 aromatic rings. The summed E-state index contributed by atoms with van der Waals surface area (Å²) in [7, 11) is 0. The Hall–Kier alpha value is -4.64. The Labute approximate surface area is 345 Å². The van der Waals surface area contributed by atoms with E-state index >= 15 is 0 Å². The molecule has 2 aromatic heterocycles. The van der Waals surface area contributed by atoms with Crippen molar-refractivity contribution in [3.05, 3.63) is 189 Å². The zero-order chi connectivity index (χ0) is 41.2. The first-order chi connectivity index (χ1) is 26.4. The van der Waals surface area contributed by atoms with E-state index in [1.807, 2.05) is 83.9 Å². The highest BCUT2D eigenvalue weighted by Crippen LogP contribution is 2.44. The van der Waals surface area contributed by atoms with Crippen LogP contribution in [0.3, 0.4) is 0 Å². The van der Waals surface area contributed by atoms with Gasteiger partial charge in [-0.25, -0.2) is 0 Å². The van der Waals surface area contributed by atoms with E-state index in [4.69, 9.17) is 23.2 Å². The predicted molar refractivity (Wildman–Crippen MR) is 234 cm³/mol. The fourth-order valence-corrected chi connectivity index (χ4v) is 7.94. The number of pyridine rings is 2. The first-order valence-corrected chi connectivity index (χ1v) is 20.1. The van der Waals surface area contributed by atoms with Gasteiger partial charge in [-0.3, -0.25) is 9.59 Å². The fourth-order valence-electron chi connectivity index (χ4n) is 7.45. The molecule has 0 fully saturated rings. The molecule has 2 heterocycles. The Balaban J connectivity index is 1.32. The molecule has 292 valence electrons. The lowest BCUT2D eigenvalue weighted by Gasteiger charge is -2.34. The van der Waals surface area contributed by atoms with Gasteiger partial charge in [-0.05, 0) is 98.9 Å². The first-order valence-electron chi connectivity index (χ1n) is 19.3. The quantitative estimate of drug-likeness (QED) is 0.122. The minimum Gasteiger partial charge on any atom is -0.287 e. The van der Waals surface area contributed by atoms with Crippen molar-refractivity contribution < 1.29 is 18.7 Å². The zero-order valence-corrected chi connectivity index (χ0v) is 36.2. The summed E-state index contributed by atoms with van der Waals surface area (Å²) in [6.45, 7) is 20.9. The summed E-state index contributed by atoms with van der Waals surface area (Å²) in [6.07, 6.45) is 34.2. The molecule has 0 bridgehead atoms. The normalized spacial score (nSPS) is 21.7. The van der Waals surface area contributed by atoms with Crippen LogP contribution in [-0.4, -0.2) is 11.6 Å². The number of rotatable bonds is 12. The van der Waals surface area contributed by atoms with E-state index in [0.29, 0.717) is 23.1 Å². The maximum absolute atomic E-state index is 13.4. The number of aromatic nitrogens is 2. The third-order valence-corrected chi connectivity index (χ3v) is 11.3. The highest BCUT2D eigenvalue weighted by molar-refractivity contribution is 6.28. The van der Waals surface area contributed by atoms with Gasteiger partial charge in [0, 0.05) is 48.3 Å². The van der Waals surface area contributed by atoms with Crippen molar-refractivity contribution in [3.63, 3.8) is 0 Å². The SMILES string of the molecule is CC1=C(/C=C/C(C)=C/C=C/C(C)=C/C=C/C=C(C)/C=C/C=C(C)/C=C/C2=C(C)C(=O)C([n+]3ccccc3Cl)CC2(C)C)C(C)(C)CC([n+]2ccccc2Cl)C1=O. The fraction of sp³-hybridized carbons (Fsp3) is 0.320. The molecule has 6 heteroatoms. The average Bonchev–Trinajstić information content (AvgIpc) is 3.13. The largest absolute Gasteiger partial charge is 0.287 e. The van der Waals surface area contributed by atoms with Gasteiger partial charge in [-0.1, -0.05) is 135 Å². The number of halogens is 2.